The van der Waals surface area contributed by atoms with E-state index in [1.165, 1.54) is 4.88 Å². The lowest BCUT2D eigenvalue weighted by Crippen LogP contribution is -2.52. The van der Waals surface area contributed by atoms with Crippen molar-refractivity contribution in [2.24, 2.45) is 0 Å². The monoisotopic (exact) mass is 342 g/mol. The molecule has 0 aromatic carbocycles. The zero-order valence-corrected chi connectivity index (χ0v) is 15.2. The van der Waals surface area contributed by atoms with Crippen LogP contribution in [0.2, 0.25) is 0 Å². The van der Waals surface area contributed by atoms with Crippen LogP contribution in [0.25, 0.3) is 0 Å². The van der Waals surface area contributed by atoms with Crippen molar-refractivity contribution >= 4 is 29.0 Å². The molecule has 0 bridgehead atoms. The van der Waals surface area contributed by atoms with E-state index in [4.69, 9.17) is 4.74 Å². The van der Waals surface area contributed by atoms with E-state index < -0.39 is 0 Å². The van der Waals surface area contributed by atoms with Crippen LogP contribution in [0.5, 0.6) is 0 Å². The fourth-order valence-corrected chi connectivity index (χ4v) is 4.36. The van der Waals surface area contributed by atoms with Crippen molar-refractivity contribution in [1.29, 1.82) is 0 Å². The second-order valence-corrected chi connectivity index (χ2v) is 7.95. The van der Waals surface area contributed by atoms with Crippen LogP contribution in [0.4, 0.5) is 0 Å². The molecule has 4 nitrogen and oxygen atoms in total. The molecule has 1 aliphatic rings. The molecule has 1 aliphatic heterocycles. The fraction of sp³-hybridized carbons (Fsp3) is 0.688. The van der Waals surface area contributed by atoms with Gasteiger partial charge in [0.2, 0.25) is 5.91 Å². The summed E-state index contributed by atoms with van der Waals surface area (Å²) >= 11 is 3.41. The number of hydrogen-bond acceptors (Lipinski definition) is 5. The number of carbonyl (C=O) groups is 1. The molecule has 1 aromatic heterocycles. The van der Waals surface area contributed by atoms with Crippen molar-refractivity contribution in [2.45, 2.75) is 44.8 Å². The highest BCUT2D eigenvalue weighted by Crippen LogP contribution is 2.17. The number of nitrogens with zero attached hydrogens (tertiary/aromatic N) is 1. The SMILES string of the molecule is C[C@@H]1CN([C@@H](C)CNC(=O)CSCc2cccs2)C[C@@H](C)O1. The summed E-state index contributed by atoms with van der Waals surface area (Å²) < 4.78 is 5.75. The van der Waals surface area contributed by atoms with Crippen molar-refractivity contribution in [1.82, 2.24) is 10.2 Å². The van der Waals surface area contributed by atoms with Gasteiger partial charge < -0.3 is 10.1 Å². The van der Waals surface area contributed by atoms with Gasteiger partial charge in [0.05, 0.1) is 18.0 Å². The maximum atomic E-state index is 11.9. The van der Waals surface area contributed by atoms with E-state index in [0.717, 1.165) is 18.8 Å². The molecule has 1 N–H and O–H groups in total. The molecular weight excluding hydrogens is 316 g/mol. The number of carbonyl (C=O) groups excluding carboxylic acids is 1. The van der Waals surface area contributed by atoms with Crippen LogP contribution in [0.1, 0.15) is 25.6 Å². The van der Waals surface area contributed by atoms with Crippen LogP contribution >= 0.6 is 23.1 Å². The molecular formula is C16H26N2O2S2. The van der Waals surface area contributed by atoms with Crippen molar-refractivity contribution in [3.63, 3.8) is 0 Å². The minimum Gasteiger partial charge on any atom is -0.373 e. The third-order valence-electron chi connectivity index (χ3n) is 3.72. The second kappa shape index (κ2) is 8.91. The lowest BCUT2D eigenvalue weighted by molar-refractivity contribution is -0.119. The number of hydrogen-bond donors (Lipinski definition) is 1. The van der Waals surface area contributed by atoms with E-state index in [-0.39, 0.29) is 18.1 Å². The number of morpholine rings is 1. The summed E-state index contributed by atoms with van der Waals surface area (Å²) in [6.07, 6.45) is 0.534. The molecule has 0 unspecified atom stereocenters. The molecule has 1 amide bonds. The first-order valence-electron chi connectivity index (χ1n) is 7.81. The molecule has 0 spiro atoms. The maximum absolute atomic E-state index is 11.9. The topological polar surface area (TPSA) is 41.6 Å². The predicted octanol–water partition coefficient (Wildman–Crippen LogP) is 2.60. The van der Waals surface area contributed by atoms with E-state index >= 15 is 0 Å². The largest absolute Gasteiger partial charge is 0.373 e. The molecule has 0 saturated carbocycles. The van der Waals surface area contributed by atoms with Gasteiger partial charge in [-0.1, -0.05) is 6.07 Å². The quantitative estimate of drug-likeness (QED) is 0.827. The zero-order valence-electron chi connectivity index (χ0n) is 13.6. The third kappa shape index (κ3) is 5.91. The van der Waals surface area contributed by atoms with Gasteiger partial charge in [-0.3, -0.25) is 9.69 Å². The van der Waals surface area contributed by atoms with Crippen LogP contribution in [0, 0.1) is 0 Å². The summed E-state index contributed by atoms with van der Waals surface area (Å²) in [4.78, 5) is 15.6. The van der Waals surface area contributed by atoms with E-state index in [2.05, 4.69) is 42.4 Å². The number of nitrogens with one attached hydrogen (secondary N) is 1. The Morgan fingerprint density at radius 3 is 2.86 bits per heavy atom. The normalized spacial score (nSPS) is 24.1. The number of ether oxygens (including phenoxy) is 1. The number of amides is 1. The van der Waals surface area contributed by atoms with Crippen LogP contribution in [-0.2, 0) is 15.3 Å². The summed E-state index contributed by atoms with van der Waals surface area (Å²) in [7, 11) is 0. The maximum Gasteiger partial charge on any atom is 0.230 e. The van der Waals surface area contributed by atoms with Gasteiger partial charge in [-0.2, -0.15) is 0 Å². The highest BCUT2D eigenvalue weighted by atomic mass is 32.2. The second-order valence-electron chi connectivity index (χ2n) is 5.94. The highest BCUT2D eigenvalue weighted by molar-refractivity contribution is 7.99. The molecule has 3 atom stereocenters. The Balaban J connectivity index is 1.62. The minimum atomic E-state index is 0.128. The standard InChI is InChI=1S/C16H26N2O2S2/c1-12(18-8-13(2)20-14(3)9-18)7-17-16(19)11-21-10-15-5-4-6-22-15/h4-6,12-14H,7-11H2,1-3H3,(H,17,19)/t12-,13+,14+/m0/s1. The van der Waals surface area contributed by atoms with Crippen LogP contribution in [0.3, 0.4) is 0 Å². The number of thiophene rings is 1. The molecule has 0 radical (unpaired) electrons. The van der Waals surface area contributed by atoms with Crippen LogP contribution < -0.4 is 5.32 Å². The molecule has 22 heavy (non-hydrogen) atoms. The summed E-state index contributed by atoms with van der Waals surface area (Å²) in [5, 5.41) is 5.12. The average Bonchev–Trinajstić information content (AvgIpc) is 2.97. The molecule has 1 aromatic rings. The van der Waals surface area contributed by atoms with Gasteiger partial charge in [0, 0.05) is 36.3 Å². The van der Waals surface area contributed by atoms with Crippen molar-refractivity contribution in [3.8, 4) is 0 Å². The van der Waals surface area contributed by atoms with Gasteiger partial charge in [-0.25, -0.2) is 0 Å². The molecule has 1 saturated heterocycles. The highest BCUT2D eigenvalue weighted by Gasteiger charge is 2.25. The molecule has 0 aliphatic carbocycles. The van der Waals surface area contributed by atoms with Gasteiger partial charge in [0.15, 0.2) is 0 Å². The van der Waals surface area contributed by atoms with Crippen molar-refractivity contribution in [3.05, 3.63) is 22.4 Å². The predicted molar refractivity (Wildman–Crippen MR) is 94.5 cm³/mol. The first-order valence-corrected chi connectivity index (χ1v) is 9.84. The van der Waals surface area contributed by atoms with E-state index in [1.807, 2.05) is 6.07 Å². The van der Waals surface area contributed by atoms with Crippen LogP contribution in [-0.4, -0.2) is 54.4 Å². The summed E-state index contributed by atoms with van der Waals surface area (Å²) in [6, 6.07) is 4.51. The van der Waals surface area contributed by atoms with Gasteiger partial charge in [0.25, 0.3) is 0 Å². The Bertz CT molecular complexity index is 443. The van der Waals surface area contributed by atoms with Gasteiger partial charge in [-0.15, -0.1) is 23.1 Å². The summed E-state index contributed by atoms with van der Waals surface area (Å²) in [5.41, 5.74) is 0. The molecule has 124 valence electrons. The van der Waals surface area contributed by atoms with Crippen LogP contribution in [0.15, 0.2) is 17.5 Å². The lowest BCUT2D eigenvalue weighted by atomic mass is 10.2. The van der Waals surface area contributed by atoms with Crippen molar-refractivity contribution in [2.75, 3.05) is 25.4 Å². The minimum absolute atomic E-state index is 0.128. The lowest BCUT2D eigenvalue weighted by Gasteiger charge is -2.39. The van der Waals surface area contributed by atoms with E-state index in [9.17, 15) is 4.79 Å². The molecule has 2 rings (SSSR count). The summed E-state index contributed by atoms with van der Waals surface area (Å²) in [6.45, 7) is 8.97. The Morgan fingerprint density at radius 2 is 2.23 bits per heavy atom. The Hall–Kier alpha value is -0.560. The van der Waals surface area contributed by atoms with E-state index in [1.54, 1.807) is 23.1 Å². The van der Waals surface area contributed by atoms with Crippen molar-refractivity contribution < 1.29 is 9.53 Å². The van der Waals surface area contributed by atoms with Gasteiger partial charge in [-0.05, 0) is 32.2 Å². The number of rotatable bonds is 7. The molecule has 2 heterocycles. The zero-order chi connectivity index (χ0) is 15.9. The average molecular weight is 343 g/mol. The van der Waals surface area contributed by atoms with Gasteiger partial charge >= 0.3 is 0 Å². The van der Waals surface area contributed by atoms with Gasteiger partial charge in [0.1, 0.15) is 0 Å². The first kappa shape index (κ1) is 17.8. The van der Waals surface area contributed by atoms with E-state index in [0.29, 0.717) is 18.3 Å². The molecule has 6 heteroatoms. The first-order chi connectivity index (χ1) is 10.5. The molecule has 1 fully saturated rings. The smallest absolute Gasteiger partial charge is 0.230 e. The number of thioether (sulfide) groups is 1. The Labute approximate surface area is 141 Å². The Kier molecular flexibility index (Phi) is 7.21. The third-order valence-corrected chi connectivity index (χ3v) is 5.76. The summed E-state index contributed by atoms with van der Waals surface area (Å²) in [5.74, 6) is 1.57. The Morgan fingerprint density at radius 1 is 1.50 bits per heavy atom. The fourth-order valence-electron chi connectivity index (χ4n) is 2.66.